The Morgan fingerprint density at radius 3 is 2.12 bits per heavy atom. The molecule has 0 aliphatic carbocycles. The van der Waals surface area contributed by atoms with E-state index in [9.17, 15) is 9.59 Å². The van der Waals surface area contributed by atoms with Crippen molar-refractivity contribution in [1.29, 1.82) is 0 Å². The molecular weight excluding hydrogens is 304 g/mol. The Kier molecular flexibility index (Phi) is 5.95. The third-order valence-corrected chi connectivity index (χ3v) is 3.50. The average molecular weight is 326 g/mol. The van der Waals surface area contributed by atoms with E-state index in [2.05, 4.69) is 10.6 Å². The minimum Gasteiger partial charge on any atom is -0.496 e. The zero-order chi connectivity index (χ0) is 17.5. The highest BCUT2D eigenvalue weighted by atomic mass is 16.5. The van der Waals surface area contributed by atoms with E-state index in [4.69, 9.17) is 4.74 Å². The van der Waals surface area contributed by atoms with Crippen molar-refractivity contribution in [2.24, 2.45) is 5.92 Å². The summed E-state index contributed by atoms with van der Waals surface area (Å²) in [5.41, 5.74) is 2.21. The maximum Gasteiger partial charge on any atom is 0.228 e. The maximum absolute atomic E-state index is 12.2. The molecule has 126 valence electrons. The minimum absolute atomic E-state index is 0.0389. The number of ether oxygens (including phenoxy) is 1. The van der Waals surface area contributed by atoms with Gasteiger partial charge in [-0.25, -0.2) is 0 Å². The van der Waals surface area contributed by atoms with Gasteiger partial charge in [-0.2, -0.15) is 0 Å². The molecule has 2 aromatic rings. The molecule has 0 aromatic heterocycles. The van der Waals surface area contributed by atoms with Gasteiger partial charge < -0.3 is 15.4 Å². The highest BCUT2D eigenvalue weighted by molar-refractivity contribution is 5.94. The van der Waals surface area contributed by atoms with Gasteiger partial charge in [-0.15, -0.1) is 0 Å². The van der Waals surface area contributed by atoms with Crippen LogP contribution < -0.4 is 15.4 Å². The summed E-state index contributed by atoms with van der Waals surface area (Å²) in [6.45, 7) is 3.67. The molecule has 5 heteroatoms. The predicted molar refractivity (Wildman–Crippen MR) is 95.2 cm³/mol. The fourth-order valence-electron chi connectivity index (χ4n) is 2.15. The van der Waals surface area contributed by atoms with E-state index in [1.165, 1.54) is 0 Å². The summed E-state index contributed by atoms with van der Waals surface area (Å²) in [5.74, 6) is 0.450. The fraction of sp³-hybridized carbons (Fsp3) is 0.263. The number of nitrogens with one attached hydrogen (secondary N) is 2. The number of carbonyl (C=O) groups is 2. The molecule has 0 atom stereocenters. The van der Waals surface area contributed by atoms with Gasteiger partial charge in [0.1, 0.15) is 5.75 Å². The molecule has 0 bridgehead atoms. The maximum atomic E-state index is 12.2. The quantitative estimate of drug-likeness (QED) is 0.854. The molecule has 2 N–H and O–H groups in total. The first-order chi connectivity index (χ1) is 11.5. The highest BCUT2D eigenvalue weighted by Gasteiger charge is 2.09. The first-order valence-corrected chi connectivity index (χ1v) is 7.82. The second kappa shape index (κ2) is 8.15. The Labute approximate surface area is 142 Å². The van der Waals surface area contributed by atoms with Crippen LogP contribution in [-0.4, -0.2) is 18.9 Å². The summed E-state index contributed by atoms with van der Waals surface area (Å²) < 4.78 is 5.25. The largest absolute Gasteiger partial charge is 0.496 e. The number of methoxy groups -OCH3 is 1. The summed E-state index contributed by atoms with van der Waals surface area (Å²) in [6, 6.07) is 14.5. The third-order valence-electron chi connectivity index (χ3n) is 3.50. The van der Waals surface area contributed by atoms with Gasteiger partial charge >= 0.3 is 0 Å². The molecule has 0 aliphatic rings. The number of para-hydroxylation sites is 1. The lowest BCUT2D eigenvalue weighted by Crippen LogP contribution is -2.18. The first-order valence-electron chi connectivity index (χ1n) is 7.82. The smallest absolute Gasteiger partial charge is 0.228 e. The van der Waals surface area contributed by atoms with Crippen LogP contribution in [0.2, 0.25) is 0 Å². The van der Waals surface area contributed by atoms with Crippen LogP contribution in [0.3, 0.4) is 0 Å². The molecule has 0 fully saturated rings. The second-order valence-electron chi connectivity index (χ2n) is 5.76. The van der Waals surface area contributed by atoms with Crippen LogP contribution in [-0.2, 0) is 16.0 Å². The van der Waals surface area contributed by atoms with Crippen LogP contribution in [0.5, 0.6) is 5.75 Å². The van der Waals surface area contributed by atoms with Gasteiger partial charge in [0.2, 0.25) is 11.8 Å². The third kappa shape index (κ3) is 4.84. The van der Waals surface area contributed by atoms with Crippen LogP contribution >= 0.6 is 0 Å². The Bertz CT molecular complexity index is 709. The van der Waals surface area contributed by atoms with E-state index in [1.54, 1.807) is 31.4 Å². The molecule has 0 heterocycles. The molecule has 0 saturated carbocycles. The number of hydrogen-bond acceptors (Lipinski definition) is 3. The van der Waals surface area contributed by atoms with E-state index in [-0.39, 0.29) is 24.2 Å². The monoisotopic (exact) mass is 326 g/mol. The summed E-state index contributed by atoms with van der Waals surface area (Å²) in [7, 11) is 1.58. The second-order valence-corrected chi connectivity index (χ2v) is 5.76. The summed E-state index contributed by atoms with van der Waals surface area (Å²) in [5, 5.41) is 5.65. The van der Waals surface area contributed by atoms with E-state index in [1.807, 2.05) is 38.1 Å². The van der Waals surface area contributed by atoms with E-state index < -0.39 is 0 Å². The molecular formula is C19H22N2O3. The SMILES string of the molecule is COc1ccccc1CC(=O)Nc1ccc(NC(=O)C(C)C)cc1. The van der Waals surface area contributed by atoms with Crippen molar-refractivity contribution in [1.82, 2.24) is 0 Å². The first kappa shape index (κ1) is 17.5. The molecule has 0 spiro atoms. The number of anilines is 2. The molecule has 2 aromatic carbocycles. The average Bonchev–Trinajstić information content (AvgIpc) is 2.57. The molecule has 0 unspecified atom stereocenters. The van der Waals surface area contributed by atoms with Gasteiger partial charge in [-0.3, -0.25) is 9.59 Å². The molecule has 0 radical (unpaired) electrons. The van der Waals surface area contributed by atoms with Crippen molar-refractivity contribution in [2.75, 3.05) is 17.7 Å². The zero-order valence-corrected chi connectivity index (χ0v) is 14.1. The number of carbonyl (C=O) groups excluding carboxylic acids is 2. The van der Waals surface area contributed by atoms with Crippen molar-refractivity contribution >= 4 is 23.2 Å². The van der Waals surface area contributed by atoms with Gasteiger partial charge in [-0.05, 0) is 30.3 Å². The lowest BCUT2D eigenvalue weighted by molar-refractivity contribution is -0.119. The highest BCUT2D eigenvalue weighted by Crippen LogP contribution is 2.19. The van der Waals surface area contributed by atoms with Crippen LogP contribution in [0.1, 0.15) is 19.4 Å². The van der Waals surface area contributed by atoms with Gasteiger partial charge in [0.25, 0.3) is 0 Å². The lowest BCUT2D eigenvalue weighted by atomic mass is 10.1. The van der Waals surface area contributed by atoms with Crippen molar-refractivity contribution in [2.45, 2.75) is 20.3 Å². The Morgan fingerprint density at radius 1 is 0.958 bits per heavy atom. The van der Waals surface area contributed by atoms with E-state index in [0.717, 1.165) is 5.56 Å². The van der Waals surface area contributed by atoms with Crippen molar-refractivity contribution < 1.29 is 14.3 Å². The lowest BCUT2D eigenvalue weighted by Gasteiger charge is -2.10. The van der Waals surface area contributed by atoms with Gasteiger partial charge in [0.05, 0.1) is 13.5 Å². The number of hydrogen-bond donors (Lipinski definition) is 2. The van der Waals surface area contributed by atoms with E-state index >= 15 is 0 Å². The van der Waals surface area contributed by atoms with E-state index in [0.29, 0.717) is 17.1 Å². The predicted octanol–water partition coefficient (Wildman–Crippen LogP) is 3.47. The van der Waals surface area contributed by atoms with Crippen LogP contribution in [0.15, 0.2) is 48.5 Å². The Hall–Kier alpha value is -2.82. The Balaban J connectivity index is 1.96. The summed E-state index contributed by atoms with van der Waals surface area (Å²) in [4.78, 5) is 23.8. The van der Waals surface area contributed by atoms with Crippen molar-refractivity contribution in [3.05, 3.63) is 54.1 Å². The van der Waals surface area contributed by atoms with Crippen molar-refractivity contribution in [3.8, 4) is 5.75 Å². The van der Waals surface area contributed by atoms with Gasteiger partial charge in [0, 0.05) is 22.9 Å². The molecule has 2 amide bonds. The fourth-order valence-corrected chi connectivity index (χ4v) is 2.15. The van der Waals surface area contributed by atoms with Gasteiger partial charge in [-0.1, -0.05) is 32.0 Å². The van der Waals surface area contributed by atoms with Crippen LogP contribution in [0.4, 0.5) is 11.4 Å². The Morgan fingerprint density at radius 2 is 1.54 bits per heavy atom. The minimum atomic E-state index is -0.126. The topological polar surface area (TPSA) is 67.4 Å². The normalized spacial score (nSPS) is 10.3. The molecule has 2 rings (SSSR count). The molecule has 5 nitrogen and oxygen atoms in total. The van der Waals surface area contributed by atoms with Crippen LogP contribution in [0, 0.1) is 5.92 Å². The number of benzene rings is 2. The number of amides is 2. The molecule has 24 heavy (non-hydrogen) atoms. The number of rotatable bonds is 6. The van der Waals surface area contributed by atoms with Crippen LogP contribution in [0.25, 0.3) is 0 Å². The molecule has 0 aliphatic heterocycles. The molecule has 0 saturated heterocycles. The van der Waals surface area contributed by atoms with Gasteiger partial charge in [0.15, 0.2) is 0 Å². The zero-order valence-electron chi connectivity index (χ0n) is 14.1. The summed E-state index contributed by atoms with van der Waals surface area (Å²) in [6.07, 6.45) is 0.232. The van der Waals surface area contributed by atoms with Crippen molar-refractivity contribution in [3.63, 3.8) is 0 Å². The summed E-state index contributed by atoms with van der Waals surface area (Å²) >= 11 is 0. The standard InChI is InChI=1S/C19H22N2O3/c1-13(2)19(23)21-16-10-8-15(9-11-16)20-18(22)12-14-6-4-5-7-17(14)24-3/h4-11,13H,12H2,1-3H3,(H,20,22)(H,21,23).